The van der Waals surface area contributed by atoms with Crippen LogP contribution >= 0.6 is 15.9 Å². The predicted molar refractivity (Wildman–Crippen MR) is 113 cm³/mol. The van der Waals surface area contributed by atoms with Crippen LogP contribution in [0.1, 0.15) is 26.7 Å². The topological polar surface area (TPSA) is 125 Å². The molecule has 3 amide bonds. The molecule has 3 N–H and O–H groups in total. The first-order valence-electron chi connectivity index (χ1n) is 8.65. The van der Waals surface area contributed by atoms with Gasteiger partial charge in [-0.2, -0.15) is 0 Å². The van der Waals surface area contributed by atoms with E-state index in [1.165, 1.54) is 24.3 Å². The third-order valence-corrected chi connectivity index (χ3v) is 5.92. The van der Waals surface area contributed by atoms with Gasteiger partial charge in [-0.3, -0.25) is 10.1 Å². The quantitative estimate of drug-likeness (QED) is 0.576. The van der Waals surface area contributed by atoms with Crippen LogP contribution in [-0.2, 0) is 15.2 Å². The Kier molecular flexibility index (Phi) is 9.63. The maximum Gasteiger partial charge on any atom is 0.500 e. The van der Waals surface area contributed by atoms with Gasteiger partial charge in [0, 0.05) is 0 Å². The number of carbonyl (C=O) groups is 2. The number of nitrogens with one attached hydrogen (secondary N) is 1. The third kappa shape index (κ3) is 8.97. The molecule has 0 atom stereocenters. The number of nitrogens with two attached hydrogens (primary N) is 1. The minimum atomic E-state index is -4.09. The van der Waals surface area contributed by atoms with Crippen LogP contribution < -0.4 is 19.4 Å². The lowest BCUT2D eigenvalue weighted by Gasteiger charge is -2.21. The van der Waals surface area contributed by atoms with E-state index in [0.717, 1.165) is 0 Å². The number of hydrogen-bond acceptors (Lipinski definition) is 6. The largest absolute Gasteiger partial charge is 0.500 e. The van der Waals surface area contributed by atoms with Crippen LogP contribution in [0.15, 0.2) is 60.7 Å². The Bertz CT molecular complexity index is 840. The minimum absolute atomic E-state index is 0.212. The zero-order valence-corrected chi connectivity index (χ0v) is 18.4. The Hall–Kier alpha value is -2.59. The highest BCUT2D eigenvalue weighted by Crippen LogP contribution is 2.26. The molecule has 2 rings (SSSR count). The lowest BCUT2D eigenvalue weighted by Crippen LogP contribution is -2.46. The molecule has 2 aromatic rings. The number of rotatable bonds is 7. The molecule has 0 aliphatic heterocycles. The summed E-state index contributed by atoms with van der Waals surface area (Å²) in [5.41, 5.74) is 4.81. The molecule has 0 aromatic heterocycles. The van der Waals surface area contributed by atoms with Crippen LogP contribution in [0.3, 0.4) is 0 Å². The average Bonchev–Trinajstić information content (AvgIpc) is 2.68. The number of hydrogen-bond donors (Lipinski definition) is 2. The SMILES string of the molecule is CCC(Br)(CC)C(=O)NC(N)=O.O=S(=O)(Oc1ccccc1)Oc1ccccc1. The number of alkyl halides is 1. The van der Waals surface area contributed by atoms with Gasteiger partial charge >= 0.3 is 16.4 Å². The molecular weight excluding hydrogens is 464 g/mol. The van der Waals surface area contributed by atoms with Gasteiger partial charge in [0.1, 0.15) is 15.8 Å². The summed E-state index contributed by atoms with van der Waals surface area (Å²) in [6.45, 7) is 3.72. The van der Waals surface area contributed by atoms with Crippen LogP contribution in [0.4, 0.5) is 4.79 Å². The number of imide groups is 1. The van der Waals surface area contributed by atoms with E-state index in [4.69, 9.17) is 14.1 Å². The summed E-state index contributed by atoms with van der Waals surface area (Å²) in [6.07, 6.45) is 1.23. The van der Waals surface area contributed by atoms with E-state index in [1.807, 2.05) is 19.2 Å². The molecule has 0 fully saturated rings. The molecule has 0 saturated carbocycles. The fourth-order valence-corrected chi connectivity index (χ4v) is 2.83. The van der Waals surface area contributed by atoms with Gasteiger partial charge in [-0.15, -0.1) is 8.42 Å². The number of para-hydroxylation sites is 2. The zero-order chi connectivity index (χ0) is 21.9. The van der Waals surface area contributed by atoms with Gasteiger partial charge in [-0.25, -0.2) is 4.79 Å². The Labute approximate surface area is 178 Å². The smallest absolute Gasteiger partial charge is 0.353 e. The molecule has 0 bridgehead atoms. The molecule has 8 nitrogen and oxygen atoms in total. The number of urea groups is 1. The molecule has 0 unspecified atom stereocenters. The lowest BCUT2D eigenvalue weighted by molar-refractivity contribution is -0.122. The monoisotopic (exact) mass is 486 g/mol. The van der Waals surface area contributed by atoms with Crippen molar-refractivity contribution >= 4 is 38.3 Å². The molecule has 0 spiro atoms. The van der Waals surface area contributed by atoms with Gasteiger partial charge in [0.25, 0.3) is 0 Å². The normalized spacial score (nSPS) is 10.9. The van der Waals surface area contributed by atoms with Gasteiger partial charge in [-0.05, 0) is 37.1 Å². The molecule has 29 heavy (non-hydrogen) atoms. The van der Waals surface area contributed by atoms with Crippen molar-refractivity contribution in [3.8, 4) is 11.5 Å². The van der Waals surface area contributed by atoms with E-state index in [0.29, 0.717) is 12.8 Å². The van der Waals surface area contributed by atoms with E-state index >= 15 is 0 Å². The standard InChI is InChI=1S/C12H10O4S.C7H13BrN2O2/c13-17(14,15-11-7-3-1-4-8-11)16-12-9-5-2-6-10-12;1-3-7(8,4-2)5(11)10-6(9)12/h1-10H;3-4H2,1-2H3,(H3,9,10,11,12). The highest BCUT2D eigenvalue weighted by atomic mass is 79.9. The minimum Gasteiger partial charge on any atom is -0.353 e. The van der Waals surface area contributed by atoms with Gasteiger partial charge in [0.05, 0.1) is 0 Å². The second-order valence-corrected chi connectivity index (χ2v) is 8.36. The number of amides is 3. The number of halogens is 1. The molecule has 0 radical (unpaired) electrons. The maximum absolute atomic E-state index is 11.5. The predicted octanol–water partition coefficient (Wildman–Crippen LogP) is 3.52. The molecule has 0 aliphatic carbocycles. The number of carbonyl (C=O) groups excluding carboxylic acids is 2. The summed E-state index contributed by atoms with van der Waals surface area (Å²) >= 11 is 3.26. The van der Waals surface area contributed by atoms with Crippen molar-refractivity contribution < 1.29 is 26.4 Å². The van der Waals surface area contributed by atoms with Gasteiger partial charge < -0.3 is 14.1 Å². The summed E-state index contributed by atoms with van der Waals surface area (Å²) < 4.78 is 31.9. The van der Waals surface area contributed by atoms with Crippen molar-refractivity contribution in [1.82, 2.24) is 5.32 Å². The molecule has 10 heteroatoms. The molecular formula is C19H23BrN2O6S. The zero-order valence-electron chi connectivity index (χ0n) is 16.0. The van der Waals surface area contributed by atoms with Crippen LogP contribution in [0, 0.1) is 0 Å². The van der Waals surface area contributed by atoms with Gasteiger partial charge in [0.2, 0.25) is 5.91 Å². The highest BCUT2D eigenvalue weighted by Gasteiger charge is 2.32. The van der Waals surface area contributed by atoms with Gasteiger partial charge in [-0.1, -0.05) is 66.2 Å². The lowest BCUT2D eigenvalue weighted by atomic mass is 10.0. The summed E-state index contributed by atoms with van der Waals surface area (Å²) in [7, 11) is -4.09. The first-order valence-corrected chi connectivity index (χ1v) is 10.8. The summed E-state index contributed by atoms with van der Waals surface area (Å²) in [5.74, 6) is 0.0480. The van der Waals surface area contributed by atoms with Crippen molar-refractivity contribution in [2.24, 2.45) is 5.73 Å². The molecule has 0 aliphatic rings. The Morgan fingerprint density at radius 1 is 0.931 bits per heavy atom. The summed E-state index contributed by atoms with van der Waals surface area (Å²) in [6, 6.07) is 15.5. The van der Waals surface area contributed by atoms with Crippen LogP contribution in [-0.4, -0.2) is 24.7 Å². The first kappa shape index (κ1) is 24.4. The third-order valence-electron chi connectivity index (χ3n) is 3.65. The Morgan fingerprint density at radius 2 is 1.31 bits per heavy atom. The molecule has 2 aromatic carbocycles. The average molecular weight is 487 g/mol. The molecule has 0 saturated heterocycles. The van der Waals surface area contributed by atoms with E-state index in [2.05, 4.69) is 15.9 Å². The van der Waals surface area contributed by atoms with E-state index in [9.17, 15) is 18.0 Å². The summed E-state index contributed by atoms with van der Waals surface area (Å²) in [5, 5.41) is 2.04. The fourth-order valence-electron chi connectivity index (χ4n) is 2.00. The van der Waals surface area contributed by atoms with Crippen LogP contribution in [0.2, 0.25) is 0 Å². The van der Waals surface area contributed by atoms with Gasteiger partial charge in [0.15, 0.2) is 0 Å². The second-order valence-electron chi connectivity index (χ2n) is 5.69. The number of primary amides is 1. The van der Waals surface area contributed by atoms with Crippen LogP contribution in [0.25, 0.3) is 0 Å². The summed E-state index contributed by atoms with van der Waals surface area (Å²) in [4.78, 5) is 21.6. The molecule has 158 valence electrons. The van der Waals surface area contributed by atoms with Crippen molar-refractivity contribution in [3.63, 3.8) is 0 Å². The van der Waals surface area contributed by atoms with E-state index in [1.54, 1.807) is 36.4 Å². The first-order chi connectivity index (χ1) is 13.6. The van der Waals surface area contributed by atoms with Crippen LogP contribution in [0.5, 0.6) is 11.5 Å². The van der Waals surface area contributed by atoms with Crippen molar-refractivity contribution in [3.05, 3.63) is 60.7 Å². The van der Waals surface area contributed by atoms with Crippen molar-refractivity contribution in [2.75, 3.05) is 0 Å². The Morgan fingerprint density at radius 3 is 1.62 bits per heavy atom. The Balaban J connectivity index is 0.000000311. The van der Waals surface area contributed by atoms with Crippen molar-refractivity contribution in [1.29, 1.82) is 0 Å². The van der Waals surface area contributed by atoms with Crippen molar-refractivity contribution in [2.45, 2.75) is 31.0 Å². The fraction of sp³-hybridized carbons (Fsp3) is 0.263. The van der Waals surface area contributed by atoms with E-state index < -0.39 is 20.8 Å². The maximum atomic E-state index is 11.5. The molecule has 0 heterocycles. The highest BCUT2D eigenvalue weighted by molar-refractivity contribution is 9.10. The van der Waals surface area contributed by atoms with E-state index in [-0.39, 0.29) is 17.4 Å². The second kappa shape index (κ2) is 11.4. The number of benzene rings is 2.